The van der Waals surface area contributed by atoms with Crippen LogP contribution in [0.5, 0.6) is 10.9 Å². The Morgan fingerprint density at radius 1 is 1.19 bits per heavy atom. The van der Waals surface area contributed by atoms with Crippen molar-refractivity contribution in [1.82, 2.24) is 15.2 Å². The molecule has 3 aromatic rings. The van der Waals surface area contributed by atoms with Crippen molar-refractivity contribution in [2.45, 2.75) is 18.3 Å². The molecule has 2 aromatic heterocycles. The average Bonchev–Trinajstić information content (AvgIpc) is 3.44. The van der Waals surface area contributed by atoms with E-state index in [0.29, 0.717) is 32.8 Å². The van der Waals surface area contributed by atoms with Crippen LogP contribution in [0.25, 0.3) is 11.1 Å². The summed E-state index contributed by atoms with van der Waals surface area (Å²) in [6.07, 6.45) is 3.08. The van der Waals surface area contributed by atoms with Crippen molar-refractivity contribution in [3.8, 4) is 22.1 Å². The molecule has 32 heavy (non-hydrogen) atoms. The molecular formula is C21H18ClN5O4S. The summed E-state index contributed by atoms with van der Waals surface area (Å²) in [5.41, 5.74) is 2.65. The van der Waals surface area contributed by atoms with Crippen molar-refractivity contribution in [2.24, 2.45) is 0 Å². The number of rotatable bonds is 5. The second-order valence-electron chi connectivity index (χ2n) is 7.60. The molecule has 3 heterocycles. The SMILES string of the molecule is COc1nnc(NC(=O)c2cc3c(cc2-c2cc(Cl)ncc2OC)C2(CC2)C(=O)N3C)s1. The lowest BCUT2D eigenvalue weighted by Gasteiger charge is -2.17. The van der Waals surface area contributed by atoms with Gasteiger partial charge in [0.15, 0.2) is 0 Å². The summed E-state index contributed by atoms with van der Waals surface area (Å²) in [6.45, 7) is 0. The first-order chi connectivity index (χ1) is 15.4. The molecule has 1 aromatic carbocycles. The number of aromatic nitrogens is 3. The fraction of sp³-hybridized carbons (Fsp3) is 0.286. The molecular weight excluding hydrogens is 454 g/mol. The molecule has 0 atom stereocenters. The fourth-order valence-electron chi connectivity index (χ4n) is 4.11. The fourth-order valence-corrected chi connectivity index (χ4v) is 4.82. The van der Waals surface area contributed by atoms with Gasteiger partial charge in [-0.15, -0.1) is 5.10 Å². The highest BCUT2D eigenvalue weighted by molar-refractivity contribution is 7.17. The van der Waals surface area contributed by atoms with Crippen LogP contribution in [0.2, 0.25) is 5.15 Å². The van der Waals surface area contributed by atoms with Gasteiger partial charge in [0.2, 0.25) is 11.0 Å². The van der Waals surface area contributed by atoms with Crippen molar-refractivity contribution in [3.63, 3.8) is 0 Å². The number of likely N-dealkylation sites (N-methyl/N-ethyl adjacent to an activating group) is 1. The molecule has 9 nitrogen and oxygen atoms in total. The highest BCUT2D eigenvalue weighted by atomic mass is 35.5. The van der Waals surface area contributed by atoms with Gasteiger partial charge in [0, 0.05) is 23.9 Å². The van der Waals surface area contributed by atoms with E-state index in [0.717, 1.165) is 35.4 Å². The standard InChI is InChI=1S/C21H18ClN5O4S/c1-27-14-7-12(17(28)24-19-25-26-20(31-3)32-19)10(6-13(14)21(4-5-21)18(27)29)11-8-16(22)23-9-15(11)30-2/h6-9H,4-5H2,1-3H3,(H,24,25,28). The van der Waals surface area contributed by atoms with Crippen LogP contribution < -0.4 is 19.7 Å². The number of nitrogens with zero attached hydrogens (tertiary/aromatic N) is 4. The van der Waals surface area contributed by atoms with Crippen molar-refractivity contribution >= 4 is 45.6 Å². The third-order valence-electron chi connectivity index (χ3n) is 5.87. The Kier molecular flexibility index (Phi) is 4.79. The molecule has 0 unspecified atom stereocenters. The van der Waals surface area contributed by atoms with Crippen LogP contribution in [0, 0.1) is 0 Å². The first kappa shape index (κ1) is 20.7. The summed E-state index contributed by atoms with van der Waals surface area (Å²) in [4.78, 5) is 32.0. The summed E-state index contributed by atoms with van der Waals surface area (Å²) in [6, 6.07) is 5.28. The maximum atomic E-state index is 13.3. The van der Waals surface area contributed by atoms with Gasteiger partial charge in [-0.05, 0) is 53.5 Å². The molecule has 1 aliphatic carbocycles. The van der Waals surface area contributed by atoms with Gasteiger partial charge < -0.3 is 14.4 Å². The van der Waals surface area contributed by atoms with Gasteiger partial charge in [0.05, 0.1) is 25.8 Å². The quantitative estimate of drug-likeness (QED) is 0.567. The molecule has 1 saturated carbocycles. The minimum atomic E-state index is -0.509. The second kappa shape index (κ2) is 7.42. The Bertz CT molecular complexity index is 1270. The van der Waals surface area contributed by atoms with Crippen LogP contribution in [0.3, 0.4) is 0 Å². The normalized spacial score (nSPS) is 15.6. The van der Waals surface area contributed by atoms with E-state index in [9.17, 15) is 9.59 Å². The maximum Gasteiger partial charge on any atom is 0.295 e. The number of hydrogen-bond acceptors (Lipinski definition) is 8. The van der Waals surface area contributed by atoms with E-state index < -0.39 is 11.3 Å². The first-order valence-electron chi connectivity index (χ1n) is 9.73. The molecule has 2 amide bonds. The number of methoxy groups -OCH3 is 2. The lowest BCUT2D eigenvalue weighted by atomic mass is 9.90. The molecule has 0 bridgehead atoms. The minimum absolute atomic E-state index is 0.0459. The van der Waals surface area contributed by atoms with E-state index in [4.69, 9.17) is 21.1 Å². The zero-order valence-corrected chi connectivity index (χ0v) is 19.0. The van der Waals surface area contributed by atoms with E-state index in [-0.39, 0.29) is 11.1 Å². The molecule has 11 heteroatoms. The molecule has 5 rings (SSSR count). The number of amides is 2. The molecule has 0 saturated heterocycles. The lowest BCUT2D eigenvalue weighted by Crippen LogP contribution is -2.28. The summed E-state index contributed by atoms with van der Waals surface area (Å²) >= 11 is 7.28. The van der Waals surface area contributed by atoms with Crippen LogP contribution in [-0.4, -0.2) is 48.3 Å². The van der Waals surface area contributed by atoms with Gasteiger partial charge in [0.25, 0.3) is 11.1 Å². The Labute approximate surface area is 192 Å². The van der Waals surface area contributed by atoms with Gasteiger partial charge in [-0.25, -0.2) is 4.98 Å². The first-order valence-corrected chi connectivity index (χ1v) is 10.9. The molecule has 1 spiro atoms. The number of benzene rings is 1. The number of ether oxygens (including phenoxy) is 2. The Balaban J connectivity index is 1.68. The Morgan fingerprint density at radius 3 is 2.62 bits per heavy atom. The number of halogens is 1. The van der Waals surface area contributed by atoms with Crippen LogP contribution in [0.4, 0.5) is 10.8 Å². The van der Waals surface area contributed by atoms with Gasteiger partial charge in [-0.3, -0.25) is 14.9 Å². The summed E-state index contributed by atoms with van der Waals surface area (Å²) < 4.78 is 10.5. The second-order valence-corrected chi connectivity index (χ2v) is 8.93. The number of hydrogen-bond donors (Lipinski definition) is 1. The monoisotopic (exact) mass is 471 g/mol. The van der Waals surface area contributed by atoms with Crippen LogP contribution >= 0.6 is 22.9 Å². The van der Waals surface area contributed by atoms with Crippen molar-refractivity contribution < 1.29 is 19.1 Å². The van der Waals surface area contributed by atoms with Gasteiger partial charge in [-0.2, -0.15) is 0 Å². The van der Waals surface area contributed by atoms with Crippen molar-refractivity contribution in [2.75, 3.05) is 31.5 Å². The van der Waals surface area contributed by atoms with Crippen LogP contribution in [0.1, 0.15) is 28.8 Å². The van der Waals surface area contributed by atoms with Gasteiger partial charge >= 0.3 is 0 Å². The summed E-state index contributed by atoms with van der Waals surface area (Å²) in [5.74, 6) is 0.0993. The molecule has 164 valence electrons. The van der Waals surface area contributed by atoms with Gasteiger partial charge in [0.1, 0.15) is 10.9 Å². The zero-order valence-electron chi connectivity index (χ0n) is 17.4. The topological polar surface area (TPSA) is 107 Å². The largest absolute Gasteiger partial charge is 0.494 e. The Morgan fingerprint density at radius 2 is 1.97 bits per heavy atom. The molecule has 1 N–H and O–H groups in total. The third kappa shape index (κ3) is 3.09. The van der Waals surface area contributed by atoms with Crippen molar-refractivity contribution in [1.29, 1.82) is 0 Å². The van der Waals surface area contributed by atoms with Gasteiger partial charge in [-0.1, -0.05) is 16.7 Å². The lowest BCUT2D eigenvalue weighted by molar-refractivity contribution is -0.119. The van der Waals surface area contributed by atoms with E-state index in [1.807, 2.05) is 6.07 Å². The average molecular weight is 472 g/mol. The maximum absolute atomic E-state index is 13.3. The third-order valence-corrected chi connectivity index (χ3v) is 6.87. The number of nitrogens with one attached hydrogen (secondary N) is 1. The number of carbonyl (C=O) groups is 2. The van der Waals surface area contributed by atoms with Crippen molar-refractivity contribution in [3.05, 3.63) is 40.7 Å². The van der Waals surface area contributed by atoms with E-state index in [2.05, 4.69) is 20.5 Å². The number of fused-ring (bicyclic) bond motifs is 2. The number of carbonyl (C=O) groups excluding carboxylic acids is 2. The summed E-state index contributed by atoms with van der Waals surface area (Å²) in [7, 11) is 4.73. The van der Waals surface area contributed by atoms with Crippen LogP contribution in [-0.2, 0) is 10.2 Å². The van der Waals surface area contributed by atoms with E-state index in [1.54, 1.807) is 24.1 Å². The predicted octanol–water partition coefficient (Wildman–Crippen LogP) is 3.53. The smallest absolute Gasteiger partial charge is 0.295 e. The molecule has 1 fully saturated rings. The molecule has 1 aliphatic heterocycles. The Hall–Kier alpha value is -3.24. The highest BCUT2D eigenvalue weighted by Gasteiger charge is 2.58. The highest BCUT2D eigenvalue weighted by Crippen LogP contribution is 2.58. The van der Waals surface area contributed by atoms with Crippen LogP contribution in [0.15, 0.2) is 24.4 Å². The summed E-state index contributed by atoms with van der Waals surface area (Å²) in [5, 5.41) is 11.4. The number of anilines is 2. The minimum Gasteiger partial charge on any atom is -0.494 e. The predicted molar refractivity (Wildman–Crippen MR) is 120 cm³/mol. The zero-order chi connectivity index (χ0) is 22.6. The molecule has 0 radical (unpaired) electrons. The van der Waals surface area contributed by atoms with E-state index >= 15 is 0 Å². The van der Waals surface area contributed by atoms with E-state index in [1.165, 1.54) is 20.4 Å². The molecule has 2 aliphatic rings. The number of pyridine rings is 1.